The number of hydrogen-bond acceptors (Lipinski definition) is 4. The van der Waals surface area contributed by atoms with Gasteiger partial charge in [-0.2, -0.15) is 0 Å². The Balaban J connectivity index is 2.51. The minimum Gasteiger partial charge on any atom is -0.491 e. The third kappa shape index (κ3) is 5.17. The predicted molar refractivity (Wildman–Crippen MR) is 67.2 cm³/mol. The average molecular weight is 239 g/mol. The monoisotopic (exact) mass is 239 g/mol. The number of benzene rings is 1. The molecule has 1 aromatic carbocycles. The van der Waals surface area contributed by atoms with Crippen molar-refractivity contribution in [3.63, 3.8) is 0 Å². The Kier molecular flexibility index (Phi) is 6.62. The molecule has 0 aliphatic heterocycles. The van der Waals surface area contributed by atoms with E-state index in [1.165, 1.54) is 0 Å². The third-order valence-corrected chi connectivity index (χ3v) is 2.38. The fourth-order valence-corrected chi connectivity index (χ4v) is 1.54. The van der Waals surface area contributed by atoms with Crippen LogP contribution in [0, 0.1) is 0 Å². The summed E-state index contributed by atoms with van der Waals surface area (Å²) in [6.07, 6.45) is 0. The minimum absolute atomic E-state index is 0.0296. The third-order valence-electron chi connectivity index (χ3n) is 2.38. The molecule has 96 valence electrons. The highest BCUT2D eigenvalue weighted by molar-refractivity contribution is 5.33. The van der Waals surface area contributed by atoms with Crippen molar-refractivity contribution in [2.24, 2.45) is 0 Å². The molecule has 17 heavy (non-hydrogen) atoms. The number of ether oxygens (including phenoxy) is 2. The van der Waals surface area contributed by atoms with E-state index in [0.29, 0.717) is 19.3 Å². The van der Waals surface area contributed by atoms with Crippen LogP contribution in [0.1, 0.15) is 12.5 Å². The number of para-hydroxylation sites is 1. The lowest BCUT2D eigenvalue weighted by Crippen LogP contribution is -2.29. The second kappa shape index (κ2) is 8.06. The van der Waals surface area contributed by atoms with E-state index < -0.39 is 0 Å². The highest BCUT2D eigenvalue weighted by Gasteiger charge is 2.05. The summed E-state index contributed by atoms with van der Waals surface area (Å²) in [6.45, 7) is 3.83. The minimum atomic E-state index is 0.0296. The molecule has 0 bridgehead atoms. The molecular formula is C13H21NO3. The first-order valence-electron chi connectivity index (χ1n) is 5.81. The van der Waals surface area contributed by atoms with E-state index in [9.17, 15) is 0 Å². The van der Waals surface area contributed by atoms with E-state index >= 15 is 0 Å². The van der Waals surface area contributed by atoms with Gasteiger partial charge in [0.15, 0.2) is 0 Å². The molecule has 0 heterocycles. The SMILES string of the molecule is COCC(C)NCc1ccccc1OCCO. The largest absolute Gasteiger partial charge is 0.491 e. The smallest absolute Gasteiger partial charge is 0.123 e. The summed E-state index contributed by atoms with van der Waals surface area (Å²) in [6, 6.07) is 8.12. The first-order chi connectivity index (χ1) is 8.27. The molecular weight excluding hydrogens is 218 g/mol. The van der Waals surface area contributed by atoms with Gasteiger partial charge >= 0.3 is 0 Å². The number of methoxy groups -OCH3 is 1. The zero-order valence-electron chi connectivity index (χ0n) is 10.5. The fraction of sp³-hybridized carbons (Fsp3) is 0.538. The van der Waals surface area contributed by atoms with Gasteiger partial charge in [0.25, 0.3) is 0 Å². The van der Waals surface area contributed by atoms with Crippen molar-refractivity contribution < 1.29 is 14.6 Å². The van der Waals surface area contributed by atoms with Crippen molar-refractivity contribution in [2.45, 2.75) is 19.5 Å². The summed E-state index contributed by atoms with van der Waals surface area (Å²) in [5.74, 6) is 0.818. The van der Waals surface area contributed by atoms with Gasteiger partial charge in [-0.15, -0.1) is 0 Å². The molecule has 0 fully saturated rings. The Morgan fingerprint density at radius 3 is 2.82 bits per heavy atom. The van der Waals surface area contributed by atoms with Crippen LogP contribution in [0.5, 0.6) is 5.75 Å². The first kappa shape index (κ1) is 14.0. The van der Waals surface area contributed by atoms with Gasteiger partial charge in [-0.05, 0) is 13.0 Å². The van der Waals surface area contributed by atoms with Gasteiger partial charge in [0.2, 0.25) is 0 Å². The standard InChI is InChI=1S/C13H21NO3/c1-11(10-16-2)14-9-12-5-3-4-6-13(12)17-8-7-15/h3-6,11,14-15H,7-10H2,1-2H3. The van der Waals surface area contributed by atoms with Crippen LogP contribution in [-0.2, 0) is 11.3 Å². The molecule has 0 amide bonds. The molecule has 0 spiro atoms. The summed E-state index contributed by atoms with van der Waals surface area (Å²) >= 11 is 0. The van der Waals surface area contributed by atoms with Crippen molar-refractivity contribution in [3.05, 3.63) is 29.8 Å². The molecule has 0 aliphatic rings. The lowest BCUT2D eigenvalue weighted by Gasteiger charge is -2.15. The number of aliphatic hydroxyl groups excluding tert-OH is 1. The average Bonchev–Trinajstić information content (AvgIpc) is 2.35. The van der Waals surface area contributed by atoms with Crippen molar-refractivity contribution in [3.8, 4) is 5.75 Å². The van der Waals surface area contributed by atoms with E-state index in [1.54, 1.807) is 7.11 Å². The lowest BCUT2D eigenvalue weighted by molar-refractivity contribution is 0.171. The van der Waals surface area contributed by atoms with Crippen LogP contribution >= 0.6 is 0 Å². The van der Waals surface area contributed by atoms with Crippen LogP contribution in [0.25, 0.3) is 0 Å². The van der Waals surface area contributed by atoms with Gasteiger partial charge in [0.05, 0.1) is 13.2 Å². The predicted octanol–water partition coefficient (Wildman–Crippen LogP) is 1.18. The maximum absolute atomic E-state index is 8.75. The van der Waals surface area contributed by atoms with Crippen LogP contribution in [0.3, 0.4) is 0 Å². The van der Waals surface area contributed by atoms with E-state index in [4.69, 9.17) is 14.6 Å². The van der Waals surface area contributed by atoms with Gasteiger partial charge in [-0.25, -0.2) is 0 Å². The van der Waals surface area contributed by atoms with Crippen LogP contribution in [0.15, 0.2) is 24.3 Å². The van der Waals surface area contributed by atoms with Gasteiger partial charge in [-0.3, -0.25) is 0 Å². The Morgan fingerprint density at radius 2 is 2.12 bits per heavy atom. The molecule has 4 nitrogen and oxygen atoms in total. The van der Waals surface area contributed by atoms with Crippen molar-refractivity contribution in [1.29, 1.82) is 0 Å². The number of nitrogens with one attached hydrogen (secondary N) is 1. The number of rotatable bonds is 8. The van der Waals surface area contributed by atoms with Crippen molar-refractivity contribution >= 4 is 0 Å². The summed E-state index contributed by atoms with van der Waals surface area (Å²) in [7, 11) is 1.69. The molecule has 2 N–H and O–H groups in total. The lowest BCUT2D eigenvalue weighted by atomic mass is 10.2. The van der Waals surface area contributed by atoms with Crippen molar-refractivity contribution in [2.75, 3.05) is 26.9 Å². The first-order valence-corrected chi connectivity index (χ1v) is 5.81. The maximum Gasteiger partial charge on any atom is 0.123 e. The van der Waals surface area contributed by atoms with Crippen LogP contribution in [0.4, 0.5) is 0 Å². The quantitative estimate of drug-likeness (QED) is 0.715. The second-order valence-corrected chi connectivity index (χ2v) is 3.92. The van der Waals surface area contributed by atoms with Crippen LogP contribution < -0.4 is 10.1 Å². The molecule has 1 rings (SSSR count). The summed E-state index contributed by atoms with van der Waals surface area (Å²) in [5, 5.41) is 12.1. The summed E-state index contributed by atoms with van der Waals surface area (Å²) in [5.41, 5.74) is 1.09. The normalized spacial score (nSPS) is 12.4. The highest BCUT2D eigenvalue weighted by atomic mass is 16.5. The molecule has 0 radical (unpaired) electrons. The van der Waals surface area contributed by atoms with Crippen molar-refractivity contribution in [1.82, 2.24) is 5.32 Å². The van der Waals surface area contributed by atoms with Gasteiger partial charge < -0.3 is 19.9 Å². The molecule has 0 saturated carbocycles. The fourth-order valence-electron chi connectivity index (χ4n) is 1.54. The highest BCUT2D eigenvalue weighted by Crippen LogP contribution is 2.17. The Labute approximate surface area is 103 Å². The molecule has 0 saturated heterocycles. The topological polar surface area (TPSA) is 50.7 Å². The van der Waals surface area contributed by atoms with E-state index in [2.05, 4.69) is 12.2 Å². The maximum atomic E-state index is 8.75. The molecule has 1 unspecified atom stereocenters. The van der Waals surface area contributed by atoms with E-state index in [-0.39, 0.29) is 6.61 Å². The van der Waals surface area contributed by atoms with Gasteiger partial charge in [0.1, 0.15) is 12.4 Å². The Hall–Kier alpha value is -1.10. The van der Waals surface area contributed by atoms with Crippen LogP contribution in [0.2, 0.25) is 0 Å². The summed E-state index contributed by atoms with van der Waals surface area (Å²) in [4.78, 5) is 0. The van der Waals surface area contributed by atoms with Crippen LogP contribution in [-0.4, -0.2) is 38.1 Å². The molecule has 4 heteroatoms. The molecule has 1 atom stereocenters. The number of hydrogen-bond donors (Lipinski definition) is 2. The zero-order valence-corrected chi connectivity index (χ0v) is 10.5. The van der Waals surface area contributed by atoms with Gasteiger partial charge in [-0.1, -0.05) is 18.2 Å². The van der Waals surface area contributed by atoms with E-state index in [1.807, 2.05) is 24.3 Å². The Morgan fingerprint density at radius 1 is 1.35 bits per heavy atom. The van der Waals surface area contributed by atoms with E-state index in [0.717, 1.165) is 17.9 Å². The zero-order chi connectivity index (χ0) is 12.5. The van der Waals surface area contributed by atoms with Gasteiger partial charge in [0, 0.05) is 25.3 Å². The Bertz CT molecular complexity index is 317. The molecule has 0 aliphatic carbocycles. The molecule has 0 aromatic heterocycles. The molecule has 1 aromatic rings. The number of aliphatic hydroxyl groups is 1. The second-order valence-electron chi connectivity index (χ2n) is 3.92. The summed E-state index contributed by atoms with van der Waals surface area (Å²) < 4.78 is 10.5.